The first-order valence-electron chi connectivity index (χ1n) is 11.4. The highest BCUT2D eigenvalue weighted by molar-refractivity contribution is 5.93. The number of hydrogen-bond acceptors (Lipinski definition) is 5. The van der Waals surface area contributed by atoms with Crippen LogP contribution in [0.15, 0.2) is 5.16 Å². The average Bonchev–Trinajstić information content (AvgIpc) is 3.29. The van der Waals surface area contributed by atoms with Crippen LogP contribution in [-0.4, -0.2) is 36.5 Å². The van der Waals surface area contributed by atoms with Gasteiger partial charge in [0.2, 0.25) is 0 Å². The van der Waals surface area contributed by atoms with Gasteiger partial charge in [-0.2, -0.15) is 0 Å². The van der Waals surface area contributed by atoms with Crippen LogP contribution in [-0.2, 0) is 14.4 Å². The predicted octanol–water partition coefficient (Wildman–Crippen LogP) is 3.51. The Morgan fingerprint density at radius 2 is 1.89 bits per heavy atom. The van der Waals surface area contributed by atoms with Crippen molar-refractivity contribution in [2.45, 2.75) is 77.7 Å². The fourth-order valence-electron chi connectivity index (χ4n) is 7.57. The molecule has 1 unspecified atom stereocenters. The lowest BCUT2D eigenvalue weighted by Crippen LogP contribution is -2.56. The van der Waals surface area contributed by atoms with Crippen molar-refractivity contribution < 1.29 is 14.4 Å². The Kier molecular flexibility index (Phi) is 4.46. The van der Waals surface area contributed by atoms with Gasteiger partial charge in [-0.15, -0.1) is 0 Å². The highest BCUT2D eigenvalue weighted by Crippen LogP contribution is 2.64. The van der Waals surface area contributed by atoms with Crippen molar-refractivity contribution in [2.24, 2.45) is 39.7 Å². The van der Waals surface area contributed by atoms with Crippen LogP contribution in [0, 0.1) is 34.5 Å². The van der Waals surface area contributed by atoms with Crippen molar-refractivity contribution in [2.75, 3.05) is 13.1 Å². The lowest BCUT2D eigenvalue weighted by molar-refractivity contribution is -0.152. The van der Waals surface area contributed by atoms with E-state index in [4.69, 9.17) is 4.84 Å². The number of ketones is 2. The van der Waals surface area contributed by atoms with Gasteiger partial charge in [-0.05, 0) is 68.2 Å². The van der Waals surface area contributed by atoms with Gasteiger partial charge in [0.1, 0.15) is 17.7 Å². The zero-order valence-electron chi connectivity index (χ0n) is 17.3. The van der Waals surface area contributed by atoms with Crippen LogP contribution in [0.3, 0.4) is 0 Å². The third-order valence-electron chi connectivity index (χ3n) is 9.35. The van der Waals surface area contributed by atoms with E-state index in [1.165, 1.54) is 0 Å². The lowest BCUT2D eigenvalue weighted by atomic mass is 9.45. The summed E-state index contributed by atoms with van der Waals surface area (Å²) in [5, 5.41) is 7.78. The summed E-state index contributed by atoms with van der Waals surface area (Å²) in [5.74, 6) is 2.38. The summed E-state index contributed by atoms with van der Waals surface area (Å²) in [5.41, 5.74) is 0.994. The van der Waals surface area contributed by atoms with E-state index in [1.807, 2.05) is 0 Å². The average molecular weight is 387 g/mol. The van der Waals surface area contributed by atoms with E-state index in [1.54, 1.807) is 0 Å². The van der Waals surface area contributed by atoms with Gasteiger partial charge in [-0.3, -0.25) is 9.59 Å². The maximum Gasteiger partial charge on any atom is 0.141 e. The van der Waals surface area contributed by atoms with Crippen molar-refractivity contribution >= 4 is 17.3 Å². The van der Waals surface area contributed by atoms with Gasteiger partial charge in [0, 0.05) is 37.1 Å². The maximum atomic E-state index is 13.3. The zero-order valence-corrected chi connectivity index (χ0v) is 17.3. The number of carbonyl (C=O) groups excluding carboxylic acids is 2. The first kappa shape index (κ1) is 18.8. The molecule has 4 saturated carbocycles. The molecule has 5 nitrogen and oxygen atoms in total. The third kappa shape index (κ3) is 2.72. The Morgan fingerprint density at radius 3 is 2.68 bits per heavy atom. The highest BCUT2D eigenvalue weighted by Gasteiger charge is 2.62. The van der Waals surface area contributed by atoms with Gasteiger partial charge >= 0.3 is 0 Å². The van der Waals surface area contributed by atoms with Crippen LogP contribution in [0.25, 0.3) is 0 Å². The van der Waals surface area contributed by atoms with Crippen molar-refractivity contribution in [3.8, 4) is 0 Å². The zero-order chi connectivity index (χ0) is 19.5. The van der Waals surface area contributed by atoms with Gasteiger partial charge in [-0.1, -0.05) is 19.0 Å². The van der Waals surface area contributed by atoms with Crippen molar-refractivity contribution in [1.82, 2.24) is 5.32 Å². The monoisotopic (exact) mass is 386 g/mol. The molecule has 1 aliphatic heterocycles. The maximum absolute atomic E-state index is 13.3. The van der Waals surface area contributed by atoms with Crippen molar-refractivity contribution in [3.63, 3.8) is 0 Å². The Labute approximate surface area is 168 Å². The molecule has 154 valence electrons. The SMILES string of the molecule is C[C@]12CC/C(=N\O[C@H]3CCNC3)CC1C(=O)C[C@@H]1[C@@H]2CC[C@]2(C)C(=O)CC[C@@H]12. The van der Waals surface area contributed by atoms with Crippen LogP contribution >= 0.6 is 0 Å². The number of Topliss-reactive ketones (excluding diaryl/α,β-unsaturated/α-hetero) is 2. The number of oxime groups is 1. The topological polar surface area (TPSA) is 67.8 Å². The van der Waals surface area contributed by atoms with Crippen molar-refractivity contribution in [3.05, 3.63) is 0 Å². The lowest BCUT2D eigenvalue weighted by Gasteiger charge is -2.58. The molecule has 7 atom stereocenters. The second-order valence-electron chi connectivity index (χ2n) is 10.6. The van der Waals surface area contributed by atoms with E-state index < -0.39 is 0 Å². The van der Waals surface area contributed by atoms with Gasteiger partial charge < -0.3 is 10.2 Å². The molecule has 0 aromatic heterocycles. The second-order valence-corrected chi connectivity index (χ2v) is 10.6. The molecule has 1 heterocycles. The summed E-state index contributed by atoms with van der Waals surface area (Å²) in [6.07, 6.45) is 8.50. The Bertz CT molecular complexity index is 713. The Balaban J connectivity index is 1.35. The molecule has 0 radical (unpaired) electrons. The molecule has 0 spiro atoms. The second kappa shape index (κ2) is 6.65. The number of fused-ring (bicyclic) bond motifs is 5. The van der Waals surface area contributed by atoms with E-state index in [-0.39, 0.29) is 22.9 Å². The van der Waals surface area contributed by atoms with Crippen LogP contribution in [0.1, 0.15) is 71.6 Å². The number of nitrogens with one attached hydrogen (secondary N) is 1. The molecule has 5 aliphatic rings. The summed E-state index contributed by atoms with van der Waals surface area (Å²) in [6.45, 7) is 6.42. The summed E-state index contributed by atoms with van der Waals surface area (Å²) in [7, 11) is 0. The van der Waals surface area contributed by atoms with Crippen LogP contribution in [0.4, 0.5) is 0 Å². The van der Waals surface area contributed by atoms with E-state index >= 15 is 0 Å². The Morgan fingerprint density at radius 1 is 1.04 bits per heavy atom. The first-order valence-corrected chi connectivity index (χ1v) is 11.4. The minimum absolute atomic E-state index is 0.0703. The highest BCUT2D eigenvalue weighted by atomic mass is 16.6. The van der Waals surface area contributed by atoms with E-state index in [9.17, 15) is 9.59 Å². The normalized spacial score (nSPS) is 49.6. The summed E-state index contributed by atoms with van der Waals surface area (Å²) in [4.78, 5) is 31.6. The smallest absolute Gasteiger partial charge is 0.141 e. The predicted molar refractivity (Wildman–Crippen MR) is 107 cm³/mol. The van der Waals surface area contributed by atoms with Gasteiger partial charge in [-0.25, -0.2) is 0 Å². The van der Waals surface area contributed by atoms with Crippen LogP contribution < -0.4 is 5.32 Å². The molecule has 5 fully saturated rings. The van der Waals surface area contributed by atoms with Gasteiger partial charge in [0.15, 0.2) is 0 Å². The molecule has 5 heteroatoms. The van der Waals surface area contributed by atoms with E-state index in [0.717, 1.165) is 70.2 Å². The fourth-order valence-corrected chi connectivity index (χ4v) is 7.57. The first-order chi connectivity index (χ1) is 13.4. The molecule has 0 aromatic carbocycles. The molecular weight excluding hydrogens is 352 g/mol. The molecule has 0 amide bonds. The third-order valence-corrected chi connectivity index (χ3v) is 9.35. The summed E-state index contributed by atoms with van der Waals surface area (Å²) < 4.78 is 0. The van der Waals surface area contributed by atoms with Crippen LogP contribution in [0.2, 0.25) is 0 Å². The van der Waals surface area contributed by atoms with Gasteiger partial charge in [0.25, 0.3) is 0 Å². The number of carbonyl (C=O) groups is 2. The van der Waals surface area contributed by atoms with E-state index in [2.05, 4.69) is 24.3 Å². The fraction of sp³-hybridized carbons (Fsp3) is 0.870. The molecule has 5 rings (SSSR count). The number of nitrogens with zero attached hydrogens (tertiary/aromatic N) is 1. The molecule has 28 heavy (non-hydrogen) atoms. The molecular formula is C23H34N2O3. The largest absolute Gasteiger partial charge is 0.391 e. The quantitative estimate of drug-likeness (QED) is 0.738. The van der Waals surface area contributed by atoms with E-state index in [0.29, 0.717) is 35.7 Å². The minimum Gasteiger partial charge on any atom is -0.391 e. The molecule has 0 bridgehead atoms. The van der Waals surface area contributed by atoms with Gasteiger partial charge in [0.05, 0.1) is 5.71 Å². The standard InChI is InChI=1S/C23H34N2O3/c1-22-8-5-14(25-28-15-7-10-24-13-15)11-19(22)20(26)12-16-17-3-4-21(27)23(17,2)9-6-18(16)22/h15-19,24H,3-13H2,1-2H3/b25-14+/t15-,16-,17-,18-,19?,22+,23-/m0/s1. The number of rotatable bonds is 2. The summed E-state index contributed by atoms with van der Waals surface area (Å²) >= 11 is 0. The molecule has 4 aliphatic carbocycles. The minimum atomic E-state index is -0.158. The Hall–Kier alpha value is -1.23. The molecule has 0 aromatic rings. The van der Waals surface area contributed by atoms with Crippen molar-refractivity contribution in [1.29, 1.82) is 0 Å². The number of hydrogen-bond donors (Lipinski definition) is 1. The molecule has 1 saturated heterocycles. The molecule has 1 N–H and O–H groups in total. The van der Waals surface area contributed by atoms with Crippen LogP contribution in [0.5, 0.6) is 0 Å². The summed E-state index contributed by atoms with van der Waals surface area (Å²) in [6, 6.07) is 0.